The Hall–Kier alpha value is -2.17. The molecule has 0 radical (unpaired) electrons. The summed E-state index contributed by atoms with van der Waals surface area (Å²) in [6, 6.07) is 27.3. The van der Waals surface area contributed by atoms with E-state index < -0.39 is 5.60 Å². The maximum absolute atomic E-state index is 6.72. The molecule has 1 heterocycles. The van der Waals surface area contributed by atoms with Gasteiger partial charge in [-0.25, -0.2) is 0 Å². The van der Waals surface area contributed by atoms with Crippen LogP contribution in [0.1, 0.15) is 42.0 Å². The van der Waals surface area contributed by atoms with Crippen LogP contribution >= 0.6 is 11.6 Å². The molecule has 1 aliphatic heterocycles. The lowest BCUT2D eigenvalue weighted by Gasteiger charge is -2.36. The van der Waals surface area contributed by atoms with E-state index in [0.717, 1.165) is 23.2 Å². The second kappa shape index (κ2) is 11.1. The first-order valence-electron chi connectivity index (χ1n) is 11.6. The third kappa shape index (κ3) is 5.24. The summed E-state index contributed by atoms with van der Waals surface area (Å²) in [5.74, 6) is 0. The van der Waals surface area contributed by atoms with Gasteiger partial charge in [-0.2, -0.15) is 0 Å². The summed E-state index contributed by atoms with van der Waals surface area (Å²) in [4.78, 5) is 2.53. The quantitative estimate of drug-likeness (QED) is 0.268. The summed E-state index contributed by atoms with van der Waals surface area (Å²) in [5, 5.41) is 0.714. The first kappa shape index (κ1) is 23.0. The van der Waals surface area contributed by atoms with E-state index in [9.17, 15) is 0 Å². The Bertz CT molecular complexity index is 953. The number of hydrogen-bond donors (Lipinski definition) is 0. The highest BCUT2D eigenvalue weighted by Crippen LogP contribution is 2.41. The van der Waals surface area contributed by atoms with Crippen LogP contribution in [0.25, 0.3) is 0 Å². The van der Waals surface area contributed by atoms with Gasteiger partial charge in [0.15, 0.2) is 0 Å². The molecule has 1 unspecified atom stereocenters. The van der Waals surface area contributed by atoms with Crippen molar-refractivity contribution < 1.29 is 9.47 Å². The summed E-state index contributed by atoms with van der Waals surface area (Å²) >= 11 is 6.24. The van der Waals surface area contributed by atoms with Crippen LogP contribution in [0, 0.1) is 0 Å². The van der Waals surface area contributed by atoms with Crippen LogP contribution in [-0.2, 0) is 21.6 Å². The molecule has 4 heteroatoms. The number of nitrogens with zero attached hydrogens (tertiary/aromatic N) is 1. The van der Waals surface area contributed by atoms with E-state index in [2.05, 4.69) is 65.6 Å². The molecule has 3 nitrogen and oxygen atoms in total. The van der Waals surface area contributed by atoms with E-state index >= 15 is 0 Å². The lowest BCUT2D eigenvalue weighted by atomic mass is 9.79. The number of likely N-dealkylation sites (tertiary alicyclic amines) is 1. The molecule has 0 bridgehead atoms. The van der Waals surface area contributed by atoms with Gasteiger partial charge in [-0.05, 0) is 67.2 Å². The Morgan fingerprint density at radius 1 is 0.781 bits per heavy atom. The van der Waals surface area contributed by atoms with Gasteiger partial charge >= 0.3 is 0 Å². The largest absolute Gasteiger partial charge is 0.379 e. The monoisotopic (exact) mass is 449 g/mol. The van der Waals surface area contributed by atoms with E-state index in [-0.39, 0.29) is 0 Å². The summed E-state index contributed by atoms with van der Waals surface area (Å²) in [7, 11) is 0. The molecule has 0 spiro atoms. The van der Waals surface area contributed by atoms with Crippen molar-refractivity contribution in [2.45, 2.75) is 31.9 Å². The Morgan fingerprint density at radius 2 is 1.38 bits per heavy atom. The van der Waals surface area contributed by atoms with Crippen LogP contribution in [-0.4, -0.2) is 37.8 Å². The highest BCUT2D eigenvalue weighted by Gasteiger charge is 2.37. The number of benzene rings is 3. The van der Waals surface area contributed by atoms with Crippen LogP contribution in [0.5, 0.6) is 0 Å². The number of hydrogen-bond acceptors (Lipinski definition) is 3. The molecule has 3 aromatic carbocycles. The molecule has 0 aliphatic carbocycles. The average Bonchev–Trinajstić information content (AvgIpc) is 3.34. The Kier molecular flexibility index (Phi) is 7.99. The first-order valence-corrected chi connectivity index (χ1v) is 11.9. The molecule has 3 aromatic rings. The normalized spacial score (nSPS) is 16.2. The minimum Gasteiger partial charge on any atom is -0.379 e. The minimum absolute atomic E-state index is 0.487. The fraction of sp³-hybridized carbons (Fsp3) is 0.357. The standard InChI is InChI=1S/C28H32ClNO2/c1-2-31-20-21-32-28(24-8-4-3-5-9-24,26-14-16-27(29)17-15-26)25-12-10-23(11-13-25)22-30-18-6-7-19-30/h3-5,8-17H,2,6-7,18-22H2,1H3. The zero-order valence-corrected chi connectivity index (χ0v) is 19.6. The van der Waals surface area contributed by atoms with Gasteiger partial charge in [-0.3, -0.25) is 4.90 Å². The molecule has 1 aliphatic rings. The van der Waals surface area contributed by atoms with Crippen molar-refractivity contribution in [1.82, 2.24) is 4.90 Å². The molecule has 4 rings (SSSR count). The van der Waals surface area contributed by atoms with Gasteiger partial charge in [0, 0.05) is 18.2 Å². The third-order valence-corrected chi connectivity index (χ3v) is 6.40. The predicted octanol–water partition coefficient (Wildman–Crippen LogP) is 6.28. The zero-order valence-electron chi connectivity index (χ0n) is 18.8. The number of ether oxygens (including phenoxy) is 2. The van der Waals surface area contributed by atoms with Gasteiger partial charge < -0.3 is 9.47 Å². The maximum atomic E-state index is 6.72. The van der Waals surface area contributed by atoms with Crippen molar-refractivity contribution >= 4 is 11.6 Å². The molecule has 32 heavy (non-hydrogen) atoms. The number of halogens is 1. The first-order chi connectivity index (χ1) is 15.7. The van der Waals surface area contributed by atoms with Gasteiger partial charge in [0.1, 0.15) is 5.60 Å². The Morgan fingerprint density at radius 3 is 2.00 bits per heavy atom. The van der Waals surface area contributed by atoms with E-state index in [1.807, 2.05) is 25.1 Å². The lowest BCUT2D eigenvalue weighted by Crippen LogP contribution is -2.34. The molecule has 168 valence electrons. The maximum Gasteiger partial charge on any atom is 0.143 e. The van der Waals surface area contributed by atoms with E-state index in [4.69, 9.17) is 21.1 Å². The molecular weight excluding hydrogens is 418 g/mol. The smallest absolute Gasteiger partial charge is 0.143 e. The fourth-order valence-electron chi connectivity index (χ4n) is 4.55. The van der Waals surface area contributed by atoms with Gasteiger partial charge in [0.25, 0.3) is 0 Å². The second-order valence-corrected chi connectivity index (χ2v) is 8.72. The van der Waals surface area contributed by atoms with Crippen LogP contribution in [0.4, 0.5) is 0 Å². The number of rotatable bonds is 10. The summed E-state index contributed by atoms with van der Waals surface area (Å²) in [5.41, 5.74) is 3.84. The summed E-state index contributed by atoms with van der Waals surface area (Å²) in [6.45, 7) is 7.11. The van der Waals surface area contributed by atoms with E-state index in [1.165, 1.54) is 31.5 Å². The highest BCUT2D eigenvalue weighted by atomic mass is 35.5. The van der Waals surface area contributed by atoms with Crippen molar-refractivity contribution in [1.29, 1.82) is 0 Å². The molecule has 0 aromatic heterocycles. The van der Waals surface area contributed by atoms with Crippen LogP contribution in [0.15, 0.2) is 78.9 Å². The molecule has 0 N–H and O–H groups in total. The van der Waals surface area contributed by atoms with Crippen molar-refractivity contribution in [2.24, 2.45) is 0 Å². The SMILES string of the molecule is CCOCCOC(c1ccccc1)(c1ccc(Cl)cc1)c1ccc(CN2CCCC2)cc1. The third-order valence-electron chi connectivity index (χ3n) is 6.15. The van der Waals surface area contributed by atoms with E-state index in [0.29, 0.717) is 24.8 Å². The van der Waals surface area contributed by atoms with Crippen LogP contribution < -0.4 is 0 Å². The van der Waals surface area contributed by atoms with Gasteiger partial charge in [-0.15, -0.1) is 0 Å². The molecule has 0 saturated carbocycles. The molecule has 1 saturated heterocycles. The molecule has 1 atom stereocenters. The summed E-state index contributed by atoms with van der Waals surface area (Å²) < 4.78 is 12.3. The molecule has 1 fully saturated rings. The fourth-order valence-corrected chi connectivity index (χ4v) is 4.68. The van der Waals surface area contributed by atoms with Crippen LogP contribution in [0.2, 0.25) is 5.02 Å². The lowest BCUT2D eigenvalue weighted by molar-refractivity contribution is -0.0218. The summed E-state index contributed by atoms with van der Waals surface area (Å²) in [6.07, 6.45) is 2.61. The Labute approximate surface area is 196 Å². The van der Waals surface area contributed by atoms with Crippen molar-refractivity contribution in [3.05, 3.63) is 106 Å². The van der Waals surface area contributed by atoms with Crippen molar-refractivity contribution in [3.8, 4) is 0 Å². The van der Waals surface area contributed by atoms with Crippen LogP contribution in [0.3, 0.4) is 0 Å². The van der Waals surface area contributed by atoms with Crippen molar-refractivity contribution in [2.75, 3.05) is 32.9 Å². The second-order valence-electron chi connectivity index (χ2n) is 8.28. The molecular formula is C28H32ClNO2. The predicted molar refractivity (Wildman–Crippen MR) is 131 cm³/mol. The topological polar surface area (TPSA) is 21.7 Å². The average molecular weight is 450 g/mol. The zero-order chi connectivity index (χ0) is 22.2. The minimum atomic E-state index is -0.741. The van der Waals surface area contributed by atoms with Gasteiger partial charge in [0.2, 0.25) is 0 Å². The van der Waals surface area contributed by atoms with Gasteiger partial charge in [0.05, 0.1) is 13.2 Å². The van der Waals surface area contributed by atoms with Gasteiger partial charge in [-0.1, -0.05) is 78.3 Å². The van der Waals surface area contributed by atoms with E-state index in [1.54, 1.807) is 0 Å². The highest BCUT2D eigenvalue weighted by molar-refractivity contribution is 6.30. The molecule has 0 amide bonds. The van der Waals surface area contributed by atoms with Crippen molar-refractivity contribution in [3.63, 3.8) is 0 Å². The Balaban J connectivity index is 1.74.